The van der Waals surface area contributed by atoms with Crippen LogP contribution >= 0.6 is 11.3 Å². The van der Waals surface area contributed by atoms with Gasteiger partial charge in [0.05, 0.1) is 16.8 Å². The summed E-state index contributed by atoms with van der Waals surface area (Å²) < 4.78 is 6.30. The number of aliphatic hydroxyl groups is 4. The molecule has 2 saturated heterocycles. The van der Waals surface area contributed by atoms with E-state index >= 15 is 0 Å². The first-order valence-corrected chi connectivity index (χ1v) is 10.7. The minimum atomic E-state index is -1.48. The van der Waals surface area contributed by atoms with E-state index < -0.39 is 37.1 Å². The second kappa shape index (κ2) is 9.02. The van der Waals surface area contributed by atoms with Crippen LogP contribution in [-0.4, -0.2) is 99.5 Å². The van der Waals surface area contributed by atoms with Gasteiger partial charge in [0.15, 0.2) is 0 Å². The zero-order chi connectivity index (χ0) is 22.1. The second-order valence-corrected chi connectivity index (χ2v) is 8.52. The van der Waals surface area contributed by atoms with E-state index in [2.05, 4.69) is 15.6 Å². The van der Waals surface area contributed by atoms with Gasteiger partial charge in [-0.3, -0.25) is 4.79 Å². The molecule has 0 radical (unpaired) electrons. The van der Waals surface area contributed by atoms with E-state index in [1.54, 1.807) is 23.1 Å². The number of urea groups is 1. The van der Waals surface area contributed by atoms with Crippen LogP contribution in [-0.2, 0) is 4.74 Å². The average Bonchev–Trinajstić information content (AvgIpc) is 3.37. The van der Waals surface area contributed by atoms with Crippen LogP contribution in [0.3, 0.4) is 0 Å². The van der Waals surface area contributed by atoms with Gasteiger partial charge in [0.2, 0.25) is 0 Å². The molecule has 2 aliphatic rings. The molecule has 5 atom stereocenters. The summed E-state index contributed by atoms with van der Waals surface area (Å²) in [5.74, 6) is -0.302. The Morgan fingerprint density at radius 1 is 1.29 bits per heavy atom. The molecule has 11 nitrogen and oxygen atoms in total. The molecule has 4 rings (SSSR count). The molecule has 0 spiro atoms. The monoisotopic (exact) mass is 452 g/mol. The highest BCUT2D eigenvalue weighted by molar-refractivity contribution is 7.18. The maximum Gasteiger partial charge on any atom is 0.317 e. The van der Waals surface area contributed by atoms with E-state index in [9.17, 15) is 30.0 Å². The SMILES string of the molecule is O=C(NCCN1CCNC1=O)c1ccc2sc([C@@H]3O[C@H](CO)[C@H](O)[C@H](O)[C@H]3O)nc2c1. The minimum absolute atomic E-state index is 0.140. The Balaban J connectivity index is 1.45. The Kier molecular flexibility index (Phi) is 6.36. The molecule has 3 heterocycles. The fourth-order valence-corrected chi connectivity index (χ4v) is 4.67. The van der Waals surface area contributed by atoms with E-state index in [0.29, 0.717) is 42.3 Å². The molecule has 168 valence electrons. The predicted molar refractivity (Wildman–Crippen MR) is 110 cm³/mol. The fourth-order valence-electron chi connectivity index (χ4n) is 3.64. The van der Waals surface area contributed by atoms with Crippen molar-refractivity contribution in [3.63, 3.8) is 0 Å². The number of nitrogens with one attached hydrogen (secondary N) is 2. The zero-order valence-corrected chi connectivity index (χ0v) is 17.3. The molecule has 0 saturated carbocycles. The third kappa shape index (κ3) is 4.35. The van der Waals surface area contributed by atoms with Gasteiger partial charge in [-0.05, 0) is 18.2 Å². The standard InChI is InChI=1S/C19H24N4O7S/c24-8-11-13(25)14(26)15(27)16(30-11)18-22-10-7-9(1-2-12(10)31-18)17(28)20-3-5-23-6-4-21-19(23)29/h1-2,7,11,13-16,24-27H,3-6,8H2,(H,20,28)(H,21,29)/t11-,13+,14+,15-,16-/m1/s1. The van der Waals surface area contributed by atoms with Gasteiger partial charge >= 0.3 is 6.03 Å². The van der Waals surface area contributed by atoms with Gasteiger partial charge in [-0.25, -0.2) is 9.78 Å². The smallest absolute Gasteiger partial charge is 0.317 e. The van der Waals surface area contributed by atoms with Crippen molar-refractivity contribution in [2.45, 2.75) is 30.5 Å². The van der Waals surface area contributed by atoms with Crippen LogP contribution in [0.25, 0.3) is 10.2 Å². The van der Waals surface area contributed by atoms with Crippen molar-refractivity contribution in [3.8, 4) is 0 Å². The summed E-state index contributed by atoms with van der Waals surface area (Å²) in [5, 5.41) is 45.4. The summed E-state index contributed by atoms with van der Waals surface area (Å²) in [7, 11) is 0. The predicted octanol–water partition coefficient (Wildman–Crippen LogP) is -1.43. The van der Waals surface area contributed by atoms with Crippen LogP contribution in [0.15, 0.2) is 18.2 Å². The van der Waals surface area contributed by atoms with E-state index in [1.165, 1.54) is 11.3 Å². The molecular formula is C19H24N4O7S. The van der Waals surface area contributed by atoms with Crippen LogP contribution in [0.2, 0.25) is 0 Å². The lowest BCUT2D eigenvalue weighted by atomic mass is 9.95. The molecule has 0 unspecified atom stereocenters. The number of aromatic nitrogens is 1. The molecule has 2 aliphatic heterocycles. The largest absolute Gasteiger partial charge is 0.394 e. The van der Waals surface area contributed by atoms with Crippen molar-refractivity contribution in [2.24, 2.45) is 0 Å². The Morgan fingerprint density at radius 2 is 2.10 bits per heavy atom. The third-order valence-corrected chi connectivity index (χ3v) is 6.51. The zero-order valence-electron chi connectivity index (χ0n) is 16.5. The molecular weight excluding hydrogens is 428 g/mol. The van der Waals surface area contributed by atoms with Crippen LogP contribution < -0.4 is 10.6 Å². The fraction of sp³-hybridized carbons (Fsp3) is 0.526. The summed E-state index contributed by atoms with van der Waals surface area (Å²) in [5.41, 5.74) is 0.910. The number of rotatable bonds is 6. The molecule has 1 aromatic carbocycles. The lowest BCUT2D eigenvalue weighted by Crippen LogP contribution is -2.55. The van der Waals surface area contributed by atoms with Gasteiger partial charge in [-0.15, -0.1) is 11.3 Å². The summed E-state index contributed by atoms with van der Waals surface area (Å²) in [6.07, 6.45) is -6.37. The summed E-state index contributed by atoms with van der Waals surface area (Å²) >= 11 is 1.23. The van der Waals surface area contributed by atoms with Gasteiger partial charge in [0.1, 0.15) is 35.5 Å². The molecule has 1 aromatic heterocycles. The molecule has 12 heteroatoms. The highest BCUT2D eigenvalue weighted by Gasteiger charge is 2.45. The molecule has 0 aliphatic carbocycles. The van der Waals surface area contributed by atoms with Crippen LogP contribution in [0.1, 0.15) is 21.5 Å². The summed E-state index contributed by atoms with van der Waals surface area (Å²) in [4.78, 5) is 30.0. The minimum Gasteiger partial charge on any atom is -0.394 e. The van der Waals surface area contributed by atoms with Crippen LogP contribution in [0.5, 0.6) is 0 Å². The van der Waals surface area contributed by atoms with Crippen molar-refractivity contribution < 1.29 is 34.8 Å². The lowest BCUT2D eigenvalue weighted by molar-refractivity contribution is -0.231. The number of ether oxygens (including phenoxy) is 1. The lowest BCUT2D eigenvalue weighted by Gasteiger charge is -2.39. The normalized spacial score (nSPS) is 28.7. The van der Waals surface area contributed by atoms with Crippen molar-refractivity contribution in [3.05, 3.63) is 28.8 Å². The number of aliphatic hydroxyl groups excluding tert-OH is 4. The van der Waals surface area contributed by atoms with Gasteiger partial charge in [-0.2, -0.15) is 0 Å². The number of amides is 3. The first-order chi connectivity index (χ1) is 14.9. The van der Waals surface area contributed by atoms with Crippen molar-refractivity contribution >= 4 is 33.5 Å². The van der Waals surface area contributed by atoms with E-state index in [0.717, 1.165) is 4.70 Å². The topological polar surface area (TPSA) is 164 Å². The van der Waals surface area contributed by atoms with Crippen molar-refractivity contribution in [1.82, 2.24) is 20.5 Å². The summed E-state index contributed by atoms with van der Waals surface area (Å²) in [6, 6.07) is 4.84. The second-order valence-electron chi connectivity index (χ2n) is 7.46. The maximum absolute atomic E-state index is 12.5. The maximum atomic E-state index is 12.5. The highest BCUT2D eigenvalue weighted by atomic mass is 32.1. The first-order valence-electron chi connectivity index (χ1n) is 9.91. The summed E-state index contributed by atoms with van der Waals surface area (Å²) in [6.45, 7) is 1.43. The third-order valence-electron chi connectivity index (χ3n) is 5.41. The number of carbonyl (C=O) groups is 2. The van der Waals surface area contributed by atoms with Gasteiger partial charge < -0.3 is 40.7 Å². The van der Waals surface area contributed by atoms with Crippen molar-refractivity contribution in [1.29, 1.82) is 0 Å². The van der Waals surface area contributed by atoms with E-state index in [1.807, 2.05) is 0 Å². The Bertz CT molecular complexity index is 968. The molecule has 6 N–H and O–H groups in total. The number of thiazole rings is 1. The van der Waals surface area contributed by atoms with E-state index in [4.69, 9.17) is 4.74 Å². The molecule has 2 fully saturated rings. The Morgan fingerprint density at radius 3 is 2.81 bits per heavy atom. The van der Waals surface area contributed by atoms with Crippen LogP contribution in [0, 0.1) is 0 Å². The van der Waals surface area contributed by atoms with E-state index in [-0.39, 0.29) is 11.9 Å². The van der Waals surface area contributed by atoms with Gasteiger partial charge in [-0.1, -0.05) is 0 Å². The first kappa shape index (κ1) is 21.9. The van der Waals surface area contributed by atoms with Gasteiger partial charge in [0.25, 0.3) is 5.91 Å². The van der Waals surface area contributed by atoms with Gasteiger partial charge in [0, 0.05) is 31.7 Å². The Hall–Kier alpha value is -2.35. The van der Waals surface area contributed by atoms with Crippen LogP contribution in [0.4, 0.5) is 4.79 Å². The number of hydrogen-bond acceptors (Lipinski definition) is 9. The average molecular weight is 452 g/mol. The molecule has 31 heavy (non-hydrogen) atoms. The molecule has 2 aromatic rings. The number of carbonyl (C=O) groups excluding carboxylic acids is 2. The number of benzene rings is 1. The number of hydrogen-bond donors (Lipinski definition) is 6. The van der Waals surface area contributed by atoms with Crippen molar-refractivity contribution in [2.75, 3.05) is 32.8 Å². The number of fused-ring (bicyclic) bond motifs is 1. The molecule has 0 bridgehead atoms. The molecule has 3 amide bonds. The highest BCUT2D eigenvalue weighted by Crippen LogP contribution is 2.36. The Labute approximate surface area is 181 Å². The number of nitrogens with zero attached hydrogens (tertiary/aromatic N) is 2. The quantitative estimate of drug-likeness (QED) is 0.310.